The summed E-state index contributed by atoms with van der Waals surface area (Å²) in [5, 5.41) is 1.64. The maximum atomic E-state index is 14.9. The van der Waals surface area contributed by atoms with Crippen molar-refractivity contribution in [3.05, 3.63) is 193 Å². The number of fused-ring (bicyclic) bond motifs is 2. The largest absolute Gasteiger partial charge is 0.443 e. The van der Waals surface area contributed by atoms with Gasteiger partial charge < -0.3 is 22.9 Å². The predicted octanol–water partition coefficient (Wildman–Crippen LogP) is 9.80. The molecule has 5 heterocycles. The summed E-state index contributed by atoms with van der Waals surface area (Å²) in [6.45, 7) is -0.643. The van der Waals surface area contributed by atoms with E-state index in [4.69, 9.17) is 43.6 Å². The molecule has 9 rings (SSSR count). The van der Waals surface area contributed by atoms with E-state index in [1.807, 2.05) is 69.8 Å². The van der Waals surface area contributed by atoms with Crippen LogP contribution in [0.2, 0.25) is 15.2 Å². The van der Waals surface area contributed by atoms with E-state index in [1.54, 1.807) is 36.4 Å². The predicted molar refractivity (Wildman–Crippen MR) is 223 cm³/mol. The van der Waals surface area contributed by atoms with Crippen LogP contribution in [-0.2, 0) is 13.1 Å². The monoisotopic (exact) mass is 824 g/mol. The molecule has 0 saturated carbocycles. The second-order valence-electron chi connectivity index (χ2n) is 13.2. The maximum Gasteiger partial charge on any atom is 0.256 e. The highest BCUT2D eigenvalue weighted by molar-refractivity contribution is 6.31. The van der Waals surface area contributed by atoms with Crippen LogP contribution < -0.4 is 10.9 Å². The van der Waals surface area contributed by atoms with Gasteiger partial charge in [-0.3, -0.25) is 14.4 Å². The number of aromatic nitrogens is 5. The number of pyridine rings is 3. The molecule has 9 aromatic rings. The molecule has 0 spiro atoms. The van der Waals surface area contributed by atoms with Gasteiger partial charge in [-0.05, 0) is 72.8 Å². The van der Waals surface area contributed by atoms with Crippen molar-refractivity contribution in [3.8, 4) is 34.5 Å². The van der Waals surface area contributed by atoms with Crippen LogP contribution in [0.3, 0.4) is 0 Å². The lowest BCUT2D eigenvalue weighted by Crippen LogP contribution is -2.35. The smallest absolute Gasteiger partial charge is 0.256 e. The molecule has 284 valence electrons. The van der Waals surface area contributed by atoms with Crippen LogP contribution >= 0.6 is 34.8 Å². The number of carbonyl (C=O) groups is 1. The van der Waals surface area contributed by atoms with Gasteiger partial charge in [-0.25, -0.2) is 15.0 Å². The van der Waals surface area contributed by atoms with E-state index < -0.39 is 16.8 Å². The fraction of sp³-hybridized carbons (Fsp3) is 0.0455. The number of hydrogen-bond donors (Lipinski definition) is 0. The molecule has 58 heavy (non-hydrogen) atoms. The van der Waals surface area contributed by atoms with Crippen LogP contribution in [0.4, 0.5) is 0 Å². The fourth-order valence-corrected chi connectivity index (χ4v) is 7.64. The molecule has 0 unspecified atom stereocenters. The van der Waals surface area contributed by atoms with Gasteiger partial charge in [-0.1, -0.05) is 71.2 Å². The third-order valence-corrected chi connectivity index (χ3v) is 10.4. The van der Waals surface area contributed by atoms with Gasteiger partial charge in [0.2, 0.25) is 11.8 Å². The molecule has 0 fully saturated rings. The lowest BCUT2D eigenvalue weighted by molar-refractivity contribution is 0.0729. The summed E-state index contributed by atoms with van der Waals surface area (Å²) in [5.74, 6) is -0.314. The second-order valence-corrected chi connectivity index (χ2v) is 14.4. The van der Waals surface area contributed by atoms with E-state index in [0.29, 0.717) is 43.2 Å². The molecule has 0 radical (unpaired) electrons. The minimum absolute atomic E-state index is 0.118. The quantitative estimate of drug-likeness (QED) is 0.132. The molecular formula is C44H27Cl3N6O5. The van der Waals surface area contributed by atoms with Crippen LogP contribution in [0.15, 0.2) is 159 Å². The molecule has 14 heteroatoms. The number of amides is 1. The SMILES string of the molecule is O=C(c1ccc(Cl)nc1)N(Cc1c(-c2ncco2)n(-c2ccccc2)c2cc(Cl)ccc2c1=O)Cc1c(-c2ncco2)n(-c2ccccc2)c2cc(Cl)ccc2c1=O. The Balaban J connectivity index is 1.34. The van der Waals surface area contributed by atoms with E-state index in [-0.39, 0.29) is 58.1 Å². The highest BCUT2D eigenvalue weighted by Crippen LogP contribution is 2.34. The van der Waals surface area contributed by atoms with Gasteiger partial charge in [0.05, 0.1) is 42.1 Å². The van der Waals surface area contributed by atoms with E-state index in [1.165, 1.54) is 48.1 Å². The Labute approximate surface area is 343 Å². The number of carbonyl (C=O) groups excluding carboxylic acids is 1. The Bertz CT molecular complexity index is 2920. The van der Waals surface area contributed by atoms with Gasteiger partial charge in [0.25, 0.3) is 5.91 Å². The molecule has 4 aromatic carbocycles. The first-order valence-electron chi connectivity index (χ1n) is 17.8. The number of rotatable bonds is 9. The topological polar surface area (TPSA) is 129 Å². The molecule has 0 bridgehead atoms. The van der Waals surface area contributed by atoms with Crippen LogP contribution in [0.5, 0.6) is 0 Å². The van der Waals surface area contributed by atoms with Crippen molar-refractivity contribution in [2.45, 2.75) is 13.1 Å². The van der Waals surface area contributed by atoms with Gasteiger partial charge in [0.15, 0.2) is 10.9 Å². The molecule has 0 aliphatic rings. The molecule has 0 aliphatic carbocycles. The van der Waals surface area contributed by atoms with Crippen LogP contribution in [0.25, 0.3) is 56.3 Å². The lowest BCUT2D eigenvalue weighted by Gasteiger charge is -2.27. The molecule has 0 saturated heterocycles. The number of halogens is 3. The number of nitrogens with zero attached hydrogens (tertiary/aromatic N) is 6. The first kappa shape index (κ1) is 36.8. The van der Waals surface area contributed by atoms with Crippen LogP contribution in [-0.4, -0.2) is 34.9 Å². The Kier molecular flexibility index (Phi) is 9.70. The lowest BCUT2D eigenvalue weighted by atomic mass is 10.0. The molecule has 0 atom stereocenters. The molecular weight excluding hydrogens is 799 g/mol. The van der Waals surface area contributed by atoms with Gasteiger partial charge >= 0.3 is 0 Å². The Morgan fingerprint density at radius 2 is 1.09 bits per heavy atom. The highest BCUT2D eigenvalue weighted by Gasteiger charge is 2.30. The van der Waals surface area contributed by atoms with E-state index in [0.717, 1.165) is 0 Å². The first-order valence-corrected chi connectivity index (χ1v) is 19.0. The molecule has 1 amide bonds. The fourth-order valence-electron chi connectivity index (χ4n) is 7.19. The third kappa shape index (κ3) is 6.64. The number of hydrogen-bond acceptors (Lipinski definition) is 8. The van der Waals surface area contributed by atoms with Gasteiger partial charge in [0.1, 0.15) is 29.1 Å². The molecule has 5 aromatic heterocycles. The molecule has 0 aliphatic heterocycles. The standard InChI is InChI=1S/C44H27Cl3N6O5/c45-27-12-14-31-35(21-27)52(29-7-3-1-4-8-29)38(42-48-17-19-57-42)33(40(31)54)24-51(44(56)26-11-16-37(47)50-23-26)25-34-39(43-49-18-20-58-43)53(30-9-5-2-6-10-30)36-22-28(46)13-15-32(36)41(34)55/h1-23H,24-25H2. The van der Waals surface area contributed by atoms with Crippen LogP contribution in [0.1, 0.15) is 21.5 Å². The molecule has 0 N–H and O–H groups in total. The van der Waals surface area contributed by atoms with Crippen molar-refractivity contribution in [1.29, 1.82) is 0 Å². The number of para-hydroxylation sites is 2. The zero-order chi connectivity index (χ0) is 39.9. The Morgan fingerprint density at radius 1 is 0.603 bits per heavy atom. The average Bonchev–Trinajstić information content (AvgIpc) is 3.99. The third-order valence-electron chi connectivity index (χ3n) is 9.72. The zero-order valence-corrected chi connectivity index (χ0v) is 32.3. The van der Waals surface area contributed by atoms with E-state index in [2.05, 4.69) is 15.0 Å². The van der Waals surface area contributed by atoms with E-state index in [9.17, 15) is 14.4 Å². The summed E-state index contributed by atoms with van der Waals surface area (Å²) in [6, 6.07) is 31.7. The van der Waals surface area contributed by atoms with Gasteiger partial charge in [-0.2, -0.15) is 0 Å². The minimum atomic E-state index is -0.551. The summed E-state index contributed by atoms with van der Waals surface area (Å²) >= 11 is 19.3. The van der Waals surface area contributed by atoms with Crippen molar-refractivity contribution in [1.82, 2.24) is 29.0 Å². The average molecular weight is 826 g/mol. The number of oxazole rings is 2. The minimum Gasteiger partial charge on any atom is -0.443 e. The van der Waals surface area contributed by atoms with Crippen molar-refractivity contribution in [2.24, 2.45) is 0 Å². The van der Waals surface area contributed by atoms with Crippen molar-refractivity contribution >= 4 is 62.5 Å². The summed E-state index contributed by atoms with van der Waals surface area (Å²) in [4.78, 5) is 59.3. The summed E-state index contributed by atoms with van der Waals surface area (Å²) < 4.78 is 15.5. The van der Waals surface area contributed by atoms with Gasteiger partial charge in [0, 0.05) is 49.5 Å². The van der Waals surface area contributed by atoms with E-state index >= 15 is 0 Å². The first-order chi connectivity index (χ1) is 28.3. The maximum absolute atomic E-state index is 14.9. The van der Waals surface area contributed by atoms with Gasteiger partial charge in [-0.15, -0.1) is 0 Å². The highest BCUT2D eigenvalue weighted by atomic mass is 35.5. The Hall–Kier alpha value is -6.79. The number of benzene rings is 4. The molecule has 11 nitrogen and oxygen atoms in total. The zero-order valence-electron chi connectivity index (χ0n) is 30.1. The second kappa shape index (κ2) is 15.3. The van der Waals surface area contributed by atoms with Crippen molar-refractivity contribution in [2.75, 3.05) is 0 Å². The van der Waals surface area contributed by atoms with Crippen molar-refractivity contribution in [3.63, 3.8) is 0 Å². The van der Waals surface area contributed by atoms with Crippen molar-refractivity contribution < 1.29 is 13.6 Å². The summed E-state index contributed by atoms with van der Waals surface area (Å²) in [7, 11) is 0. The van der Waals surface area contributed by atoms with Crippen LogP contribution in [0, 0.1) is 0 Å². The summed E-state index contributed by atoms with van der Waals surface area (Å²) in [6.07, 6.45) is 7.09. The normalized spacial score (nSPS) is 11.4. The summed E-state index contributed by atoms with van der Waals surface area (Å²) in [5.41, 5.74) is 2.57. The Morgan fingerprint density at radius 3 is 1.50 bits per heavy atom.